The van der Waals surface area contributed by atoms with Crippen molar-refractivity contribution in [3.05, 3.63) is 18.0 Å². The van der Waals surface area contributed by atoms with Crippen LogP contribution in [0.25, 0.3) is 0 Å². The normalized spacial score (nSPS) is 13.4. The van der Waals surface area contributed by atoms with Crippen molar-refractivity contribution in [3.8, 4) is 0 Å². The van der Waals surface area contributed by atoms with Crippen LogP contribution in [0.2, 0.25) is 0 Å². The van der Waals surface area contributed by atoms with Gasteiger partial charge in [-0.05, 0) is 34.0 Å². The van der Waals surface area contributed by atoms with Gasteiger partial charge in [0.1, 0.15) is 0 Å². The molecule has 0 fully saturated rings. The molecular weight excluding hydrogens is 188 g/mol. The average molecular weight is 210 g/mol. The fraction of sp³-hybridized carbons (Fsp3) is 0.727. The van der Waals surface area contributed by atoms with Gasteiger partial charge < -0.3 is 10.2 Å². The molecule has 0 saturated carbocycles. The molecular formula is C11H22N4. The second-order valence-corrected chi connectivity index (χ2v) is 4.08. The number of nitrogens with zero attached hydrogens (tertiary/aromatic N) is 3. The van der Waals surface area contributed by atoms with Crippen molar-refractivity contribution in [2.24, 2.45) is 0 Å². The minimum atomic E-state index is 0.558. The highest BCUT2D eigenvalue weighted by atomic mass is 15.3. The fourth-order valence-corrected chi connectivity index (χ4v) is 1.39. The lowest BCUT2D eigenvalue weighted by molar-refractivity contribution is 0.301. The third-order valence-corrected chi connectivity index (χ3v) is 2.73. The number of aromatic nitrogens is 2. The van der Waals surface area contributed by atoms with Crippen LogP contribution in [0.4, 0.5) is 0 Å². The maximum atomic E-state index is 4.23. The van der Waals surface area contributed by atoms with Crippen LogP contribution in [0.3, 0.4) is 0 Å². The second-order valence-electron chi connectivity index (χ2n) is 4.08. The standard InChI is InChI=1S/C11H22N4/c1-5-15-11(6-7-13-15)9-12-8-10(2)14(3)4/h6-7,10,12H,5,8-9H2,1-4H3. The molecule has 86 valence electrons. The maximum Gasteiger partial charge on any atom is 0.0521 e. The van der Waals surface area contributed by atoms with E-state index in [1.807, 2.05) is 10.9 Å². The van der Waals surface area contributed by atoms with Gasteiger partial charge in [0.25, 0.3) is 0 Å². The van der Waals surface area contributed by atoms with Crippen LogP contribution in [0.15, 0.2) is 12.3 Å². The Hall–Kier alpha value is -0.870. The molecule has 0 radical (unpaired) electrons. The molecule has 1 atom stereocenters. The molecule has 0 saturated heterocycles. The van der Waals surface area contributed by atoms with Gasteiger partial charge in [-0.1, -0.05) is 0 Å². The number of aryl methyl sites for hydroxylation is 1. The van der Waals surface area contributed by atoms with Gasteiger partial charge in [-0.25, -0.2) is 0 Å². The zero-order chi connectivity index (χ0) is 11.3. The zero-order valence-corrected chi connectivity index (χ0v) is 10.2. The van der Waals surface area contributed by atoms with Gasteiger partial charge in [-0.2, -0.15) is 5.10 Å². The number of hydrogen-bond acceptors (Lipinski definition) is 3. The predicted octanol–water partition coefficient (Wildman–Crippen LogP) is 0.943. The zero-order valence-electron chi connectivity index (χ0n) is 10.2. The van der Waals surface area contributed by atoms with Gasteiger partial charge in [-0.15, -0.1) is 0 Å². The third-order valence-electron chi connectivity index (χ3n) is 2.73. The van der Waals surface area contributed by atoms with E-state index >= 15 is 0 Å². The summed E-state index contributed by atoms with van der Waals surface area (Å²) in [6, 6.07) is 2.62. The van der Waals surface area contributed by atoms with Crippen LogP contribution in [0.5, 0.6) is 0 Å². The number of rotatable bonds is 6. The lowest BCUT2D eigenvalue weighted by atomic mass is 10.3. The molecule has 1 aromatic rings. The van der Waals surface area contributed by atoms with Crippen molar-refractivity contribution in [1.29, 1.82) is 0 Å². The Morgan fingerprint density at radius 2 is 2.27 bits per heavy atom. The summed E-state index contributed by atoms with van der Waals surface area (Å²) in [6.07, 6.45) is 1.86. The van der Waals surface area contributed by atoms with E-state index in [0.29, 0.717) is 6.04 Å². The Bertz CT molecular complexity index is 280. The number of nitrogens with one attached hydrogen (secondary N) is 1. The van der Waals surface area contributed by atoms with E-state index in [0.717, 1.165) is 19.6 Å². The van der Waals surface area contributed by atoms with Crippen molar-refractivity contribution < 1.29 is 0 Å². The number of hydrogen-bond donors (Lipinski definition) is 1. The smallest absolute Gasteiger partial charge is 0.0521 e. The van der Waals surface area contributed by atoms with E-state index in [-0.39, 0.29) is 0 Å². The monoisotopic (exact) mass is 210 g/mol. The molecule has 4 nitrogen and oxygen atoms in total. The predicted molar refractivity (Wildman–Crippen MR) is 62.8 cm³/mol. The van der Waals surface area contributed by atoms with E-state index in [1.165, 1.54) is 5.69 Å². The van der Waals surface area contributed by atoms with Crippen LogP contribution < -0.4 is 5.32 Å². The van der Waals surface area contributed by atoms with Crippen LogP contribution >= 0.6 is 0 Å². The Kier molecular flexibility index (Phi) is 4.78. The topological polar surface area (TPSA) is 33.1 Å². The van der Waals surface area contributed by atoms with Crippen LogP contribution in [-0.2, 0) is 13.1 Å². The van der Waals surface area contributed by atoms with Crippen LogP contribution in [0.1, 0.15) is 19.5 Å². The first-order valence-electron chi connectivity index (χ1n) is 5.53. The quantitative estimate of drug-likeness (QED) is 0.758. The van der Waals surface area contributed by atoms with Gasteiger partial charge >= 0.3 is 0 Å². The molecule has 1 aromatic heterocycles. The highest BCUT2D eigenvalue weighted by Gasteiger charge is 2.04. The van der Waals surface area contributed by atoms with Gasteiger partial charge in [0, 0.05) is 31.9 Å². The molecule has 1 unspecified atom stereocenters. The first kappa shape index (κ1) is 12.2. The molecule has 0 amide bonds. The summed E-state index contributed by atoms with van der Waals surface area (Å²) in [5, 5.41) is 7.67. The molecule has 0 aliphatic carbocycles. The fourth-order valence-electron chi connectivity index (χ4n) is 1.39. The van der Waals surface area contributed by atoms with Crippen LogP contribution in [0, 0.1) is 0 Å². The van der Waals surface area contributed by atoms with Gasteiger partial charge in [0.2, 0.25) is 0 Å². The Morgan fingerprint density at radius 1 is 1.53 bits per heavy atom. The van der Waals surface area contributed by atoms with Crippen molar-refractivity contribution in [3.63, 3.8) is 0 Å². The molecule has 0 spiro atoms. The summed E-state index contributed by atoms with van der Waals surface area (Å²) in [4.78, 5) is 2.21. The maximum absolute atomic E-state index is 4.23. The highest BCUT2D eigenvalue weighted by Crippen LogP contribution is 1.98. The minimum Gasteiger partial charge on any atom is -0.310 e. The molecule has 0 aromatic carbocycles. The number of likely N-dealkylation sites (N-methyl/N-ethyl adjacent to an activating group) is 1. The summed E-state index contributed by atoms with van der Waals surface area (Å²) in [6.45, 7) is 7.16. The van der Waals surface area contributed by atoms with Gasteiger partial charge in [0.15, 0.2) is 0 Å². The highest BCUT2D eigenvalue weighted by molar-refractivity contribution is 4.99. The van der Waals surface area contributed by atoms with Gasteiger partial charge in [-0.3, -0.25) is 4.68 Å². The van der Waals surface area contributed by atoms with E-state index in [1.54, 1.807) is 0 Å². The molecule has 4 heteroatoms. The summed E-state index contributed by atoms with van der Waals surface area (Å²) in [7, 11) is 4.20. The lowest BCUT2D eigenvalue weighted by Gasteiger charge is -2.20. The first-order valence-corrected chi connectivity index (χ1v) is 5.53. The summed E-state index contributed by atoms with van der Waals surface area (Å²) in [5.41, 5.74) is 1.25. The Balaban J connectivity index is 2.31. The molecule has 1 N–H and O–H groups in total. The van der Waals surface area contributed by atoms with Crippen molar-refractivity contribution in [1.82, 2.24) is 20.0 Å². The van der Waals surface area contributed by atoms with Crippen molar-refractivity contribution in [2.45, 2.75) is 33.0 Å². The van der Waals surface area contributed by atoms with E-state index in [9.17, 15) is 0 Å². The largest absolute Gasteiger partial charge is 0.310 e. The van der Waals surface area contributed by atoms with Crippen molar-refractivity contribution >= 4 is 0 Å². The third kappa shape index (κ3) is 3.64. The Morgan fingerprint density at radius 3 is 2.87 bits per heavy atom. The second kappa shape index (κ2) is 5.88. The minimum absolute atomic E-state index is 0.558. The molecule has 1 rings (SSSR count). The van der Waals surface area contributed by atoms with Crippen molar-refractivity contribution in [2.75, 3.05) is 20.6 Å². The summed E-state index contributed by atoms with van der Waals surface area (Å²) < 4.78 is 2.02. The molecule has 1 heterocycles. The molecule has 0 aliphatic rings. The SMILES string of the molecule is CCn1nccc1CNCC(C)N(C)C. The summed E-state index contributed by atoms with van der Waals surface area (Å²) >= 11 is 0. The summed E-state index contributed by atoms with van der Waals surface area (Å²) in [5.74, 6) is 0. The molecule has 0 aliphatic heterocycles. The Labute approximate surface area is 92.3 Å². The van der Waals surface area contributed by atoms with E-state index in [2.05, 4.69) is 49.3 Å². The van der Waals surface area contributed by atoms with Gasteiger partial charge in [0.05, 0.1) is 5.69 Å². The van der Waals surface area contributed by atoms with Crippen LogP contribution in [-0.4, -0.2) is 41.4 Å². The molecule has 15 heavy (non-hydrogen) atoms. The lowest BCUT2D eigenvalue weighted by Crippen LogP contribution is -2.35. The first-order chi connectivity index (χ1) is 7.15. The molecule has 0 bridgehead atoms. The average Bonchev–Trinajstić information content (AvgIpc) is 2.65. The van der Waals surface area contributed by atoms with E-state index in [4.69, 9.17) is 0 Å². The van der Waals surface area contributed by atoms with E-state index < -0.39 is 0 Å².